The molecule has 1 aliphatic rings. The van der Waals surface area contributed by atoms with Gasteiger partial charge in [-0.15, -0.1) is 0 Å². The van der Waals surface area contributed by atoms with E-state index in [1.165, 1.54) is 0 Å². The number of nitrogen functional groups attached to an aromatic ring is 1. The van der Waals surface area contributed by atoms with Gasteiger partial charge in [0.05, 0.1) is 18.2 Å². The van der Waals surface area contributed by atoms with Gasteiger partial charge in [0.15, 0.2) is 5.11 Å². The minimum absolute atomic E-state index is 0.329. The topological polar surface area (TPSA) is 67.6 Å². The van der Waals surface area contributed by atoms with E-state index in [2.05, 4.69) is 5.32 Å². The van der Waals surface area contributed by atoms with E-state index in [4.69, 9.17) is 22.7 Å². The number of nitrogens with two attached hydrogens (primary N) is 1. The summed E-state index contributed by atoms with van der Waals surface area (Å²) in [6.45, 7) is 6.69. The van der Waals surface area contributed by atoms with Crippen LogP contribution in [0.3, 0.4) is 0 Å². The predicted octanol–water partition coefficient (Wildman–Crippen LogP) is 2.36. The van der Waals surface area contributed by atoms with Crippen molar-refractivity contribution in [1.82, 2.24) is 10.2 Å². The molecule has 5 nitrogen and oxygen atoms in total. The third kappa shape index (κ3) is 3.06. The number of carbonyl (C=O) groups is 1. The van der Waals surface area contributed by atoms with E-state index in [-0.39, 0.29) is 12.0 Å². The van der Waals surface area contributed by atoms with E-state index in [1.54, 1.807) is 6.92 Å². The van der Waals surface area contributed by atoms with Gasteiger partial charge in [-0.25, -0.2) is 4.79 Å². The standard InChI is InChI=1S/C16H21N3O2S/c1-4-19-10(3)13(15(20)21-5-2)14(18-16(19)22)11-7-6-8-12(17)9-11/h6-9,14H,4-5,17H2,1-3H3,(H,18,22)/t14-/m0/s1. The monoisotopic (exact) mass is 319 g/mol. The minimum Gasteiger partial charge on any atom is -0.463 e. The molecule has 22 heavy (non-hydrogen) atoms. The molecule has 0 spiro atoms. The number of anilines is 1. The number of rotatable bonds is 4. The molecule has 118 valence electrons. The third-order valence-corrected chi connectivity index (χ3v) is 3.99. The Kier molecular flexibility index (Phi) is 5.03. The average Bonchev–Trinajstić information content (AvgIpc) is 2.47. The lowest BCUT2D eigenvalue weighted by Gasteiger charge is -2.37. The first kappa shape index (κ1) is 16.3. The molecule has 1 atom stereocenters. The molecule has 0 amide bonds. The summed E-state index contributed by atoms with van der Waals surface area (Å²) in [4.78, 5) is 14.3. The molecule has 3 N–H and O–H groups in total. The number of ether oxygens (including phenoxy) is 1. The molecule has 1 heterocycles. The molecular weight excluding hydrogens is 298 g/mol. The molecule has 6 heteroatoms. The molecular formula is C16H21N3O2S. The second kappa shape index (κ2) is 6.79. The number of hydrogen-bond donors (Lipinski definition) is 2. The fourth-order valence-corrected chi connectivity index (χ4v) is 3.01. The molecule has 0 unspecified atom stereocenters. The zero-order valence-corrected chi connectivity index (χ0v) is 13.9. The zero-order chi connectivity index (χ0) is 16.3. The number of allylic oxidation sites excluding steroid dienone is 1. The lowest BCUT2D eigenvalue weighted by molar-refractivity contribution is -0.139. The first-order chi connectivity index (χ1) is 10.5. The summed E-state index contributed by atoms with van der Waals surface area (Å²) < 4.78 is 5.22. The summed E-state index contributed by atoms with van der Waals surface area (Å²) >= 11 is 5.41. The van der Waals surface area contributed by atoms with E-state index < -0.39 is 0 Å². The second-order valence-electron chi connectivity index (χ2n) is 5.02. The van der Waals surface area contributed by atoms with E-state index in [9.17, 15) is 4.79 Å². The quantitative estimate of drug-likeness (QED) is 0.504. The van der Waals surface area contributed by atoms with Crippen LogP contribution in [0.1, 0.15) is 32.4 Å². The number of benzene rings is 1. The Hall–Kier alpha value is -2.08. The molecule has 1 aliphatic heterocycles. The summed E-state index contributed by atoms with van der Waals surface area (Å²) in [6.07, 6.45) is 0. The first-order valence-corrected chi connectivity index (χ1v) is 7.71. The van der Waals surface area contributed by atoms with Crippen LogP contribution in [0.25, 0.3) is 0 Å². The lowest BCUT2D eigenvalue weighted by Crippen LogP contribution is -2.47. The Morgan fingerprint density at radius 3 is 2.77 bits per heavy atom. The smallest absolute Gasteiger partial charge is 0.338 e. The van der Waals surface area contributed by atoms with Gasteiger partial charge in [0, 0.05) is 17.9 Å². The fraction of sp³-hybridized carbons (Fsp3) is 0.375. The Labute approximate surface area is 136 Å². The Morgan fingerprint density at radius 1 is 1.45 bits per heavy atom. The molecule has 1 aromatic rings. The summed E-state index contributed by atoms with van der Waals surface area (Å²) in [5.41, 5.74) is 8.79. The van der Waals surface area contributed by atoms with Crippen LogP contribution < -0.4 is 11.1 Å². The van der Waals surface area contributed by atoms with Gasteiger partial charge >= 0.3 is 5.97 Å². The molecule has 0 radical (unpaired) electrons. The van der Waals surface area contributed by atoms with Gasteiger partial charge < -0.3 is 20.7 Å². The van der Waals surface area contributed by atoms with Crippen LogP contribution >= 0.6 is 12.2 Å². The fourth-order valence-electron chi connectivity index (χ4n) is 2.62. The minimum atomic E-state index is -0.349. The van der Waals surface area contributed by atoms with E-state index in [0.29, 0.717) is 29.5 Å². The molecule has 1 aromatic carbocycles. The largest absolute Gasteiger partial charge is 0.463 e. The molecule has 2 rings (SSSR count). The summed E-state index contributed by atoms with van der Waals surface area (Å²) in [5, 5.41) is 3.82. The number of hydrogen-bond acceptors (Lipinski definition) is 4. The van der Waals surface area contributed by atoms with Crippen molar-refractivity contribution in [1.29, 1.82) is 0 Å². The zero-order valence-electron chi connectivity index (χ0n) is 13.1. The Balaban J connectivity index is 2.53. The second-order valence-corrected chi connectivity index (χ2v) is 5.40. The average molecular weight is 319 g/mol. The van der Waals surface area contributed by atoms with Crippen LogP contribution in [0.5, 0.6) is 0 Å². The number of nitrogens with zero attached hydrogens (tertiary/aromatic N) is 1. The molecule has 0 saturated carbocycles. The van der Waals surface area contributed by atoms with Crippen molar-refractivity contribution >= 4 is 29.0 Å². The number of thiocarbonyl (C=S) groups is 1. The normalized spacial score (nSPS) is 18.2. The maximum Gasteiger partial charge on any atom is 0.338 e. The van der Waals surface area contributed by atoms with Gasteiger partial charge in [-0.3, -0.25) is 0 Å². The Morgan fingerprint density at radius 2 is 2.18 bits per heavy atom. The van der Waals surface area contributed by atoms with Crippen LogP contribution in [0, 0.1) is 0 Å². The van der Waals surface area contributed by atoms with Crippen molar-refractivity contribution in [3.63, 3.8) is 0 Å². The first-order valence-electron chi connectivity index (χ1n) is 7.30. The molecule has 0 saturated heterocycles. The third-order valence-electron chi connectivity index (χ3n) is 3.65. The molecule has 0 bridgehead atoms. The van der Waals surface area contributed by atoms with Gasteiger partial charge in [-0.05, 0) is 50.7 Å². The highest BCUT2D eigenvalue weighted by Crippen LogP contribution is 2.31. The number of carbonyl (C=O) groups excluding carboxylic acids is 1. The van der Waals surface area contributed by atoms with Crippen molar-refractivity contribution in [3.05, 3.63) is 41.1 Å². The van der Waals surface area contributed by atoms with Crippen LogP contribution in [0.2, 0.25) is 0 Å². The molecule has 0 fully saturated rings. The van der Waals surface area contributed by atoms with Crippen molar-refractivity contribution in [3.8, 4) is 0 Å². The lowest BCUT2D eigenvalue weighted by atomic mass is 9.94. The van der Waals surface area contributed by atoms with Crippen molar-refractivity contribution < 1.29 is 9.53 Å². The molecule has 0 aromatic heterocycles. The highest BCUT2D eigenvalue weighted by Gasteiger charge is 2.34. The van der Waals surface area contributed by atoms with Crippen LogP contribution in [-0.2, 0) is 9.53 Å². The van der Waals surface area contributed by atoms with Crippen LogP contribution in [-0.4, -0.2) is 29.1 Å². The molecule has 0 aliphatic carbocycles. The highest BCUT2D eigenvalue weighted by atomic mass is 32.1. The van der Waals surface area contributed by atoms with E-state index >= 15 is 0 Å². The number of nitrogens with one attached hydrogen (secondary N) is 1. The Bertz CT molecular complexity index is 628. The maximum absolute atomic E-state index is 12.4. The van der Waals surface area contributed by atoms with Gasteiger partial charge in [-0.1, -0.05) is 12.1 Å². The van der Waals surface area contributed by atoms with Crippen molar-refractivity contribution in [2.75, 3.05) is 18.9 Å². The summed E-state index contributed by atoms with van der Waals surface area (Å²) in [5.74, 6) is -0.333. The van der Waals surface area contributed by atoms with Crippen molar-refractivity contribution in [2.45, 2.75) is 26.8 Å². The SMILES string of the molecule is CCOC(=O)C1=C(C)N(CC)C(=S)N[C@H]1c1cccc(N)c1. The summed E-state index contributed by atoms with van der Waals surface area (Å²) in [7, 11) is 0. The van der Waals surface area contributed by atoms with Crippen LogP contribution in [0.15, 0.2) is 35.5 Å². The van der Waals surface area contributed by atoms with Gasteiger partial charge in [0.2, 0.25) is 0 Å². The van der Waals surface area contributed by atoms with Crippen molar-refractivity contribution in [2.24, 2.45) is 0 Å². The van der Waals surface area contributed by atoms with Crippen LogP contribution in [0.4, 0.5) is 5.69 Å². The number of esters is 1. The van der Waals surface area contributed by atoms with E-state index in [0.717, 1.165) is 11.3 Å². The van der Waals surface area contributed by atoms with Gasteiger partial charge in [-0.2, -0.15) is 0 Å². The maximum atomic E-state index is 12.4. The highest BCUT2D eigenvalue weighted by molar-refractivity contribution is 7.80. The van der Waals surface area contributed by atoms with Gasteiger partial charge in [0.25, 0.3) is 0 Å². The van der Waals surface area contributed by atoms with E-state index in [1.807, 2.05) is 43.0 Å². The summed E-state index contributed by atoms with van der Waals surface area (Å²) in [6, 6.07) is 7.08. The predicted molar refractivity (Wildman–Crippen MR) is 91.0 cm³/mol. The van der Waals surface area contributed by atoms with Gasteiger partial charge in [0.1, 0.15) is 0 Å².